The molecule has 0 unspecified atom stereocenters. The highest BCUT2D eigenvalue weighted by Gasteiger charge is 2.72. The summed E-state index contributed by atoms with van der Waals surface area (Å²) in [6, 6.07) is 0. The lowest BCUT2D eigenvalue weighted by atomic mass is 9.46. The first-order valence-electron chi connectivity index (χ1n) is 9.67. The second-order valence-corrected chi connectivity index (χ2v) is 10.2. The van der Waals surface area contributed by atoms with Crippen molar-refractivity contribution in [2.24, 2.45) is 28.6 Å². The van der Waals surface area contributed by atoms with Crippen LogP contribution in [0.4, 0.5) is 13.2 Å². The largest absolute Gasteiger partial charge is 0.417 e. The Balaban J connectivity index is 1.72. The Bertz CT molecular complexity index is 687. The third-order valence-corrected chi connectivity index (χ3v) is 9.60. The number of carbonyl (C=O) groups is 1. The van der Waals surface area contributed by atoms with E-state index in [9.17, 15) is 23.1 Å². The molecule has 0 bridgehead atoms. The van der Waals surface area contributed by atoms with Gasteiger partial charge in [0.1, 0.15) is 0 Å². The minimum absolute atomic E-state index is 0.0948. The van der Waals surface area contributed by atoms with Gasteiger partial charge in [0.25, 0.3) is 0 Å². The van der Waals surface area contributed by atoms with E-state index in [0.29, 0.717) is 31.6 Å². The molecule has 6 heteroatoms. The summed E-state index contributed by atoms with van der Waals surface area (Å²) >= 11 is 3.50. The Labute approximate surface area is 160 Å². The van der Waals surface area contributed by atoms with Gasteiger partial charge in [-0.3, -0.25) is 4.79 Å². The zero-order valence-corrected chi connectivity index (χ0v) is 16.8. The van der Waals surface area contributed by atoms with Crippen LogP contribution < -0.4 is 0 Å². The van der Waals surface area contributed by atoms with E-state index in [4.69, 9.17) is 0 Å². The van der Waals surface area contributed by atoms with Crippen molar-refractivity contribution in [3.63, 3.8) is 0 Å². The molecule has 26 heavy (non-hydrogen) atoms. The molecule has 0 aliphatic heterocycles. The van der Waals surface area contributed by atoms with E-state index in [1.165, 1.54) is 5.57 Å². The number of halogens is 4. The number of carbonyl (C=O) groups excluding carboxylic acids is 1. The highest BCUT2D eigenvalue weighted by molar-refractivity contribution is 9.12. The number of allylic oxidation sites excluding steroid dienone is 1. The SMILES string of the molecule is C[C@]12CCC(=O)C(Br)=C1CC[C@@H]1[C@@H]2CC[C@@]2(C)[C@H]1CC[C@@]2(O)C(F)(F)F. The Kier molecular flexibility index (Phi) is 4.08. The summed E-state index contributed by atoms with van der Waals surface area (Å²) in [5, 5.41) is 10.7. The van der Waals surface area contributed by atoms with E-state index in [-0.39, 0.29) is 29.5 Å². The summed E-state index contributed by atoms with van der Waals surface area (Å²) in [5.41, 5.74) is -2.57. The summed E-state index contributed by atoms with van der Waals surface area (Å²) in [4.78, 5) is 12.1. The van der Waals surface area contributed by atoms with E-state index < -0.39 is 17.2 Å². The van der Waals surface area contributed by atoms with Crippen LogP contribution in [0.2, 0.25) is 0 Å². The third kappa shape index (κ3) is 2.17. The lowest BCUT2D eigenvalue weighted by molar-refractivity contribution is -0.303. The fraction of sp³-hybridized carbons (Fsp3) is 0.850. The van der Waals surface area contributed by atoms with Gasteiger partial charge >= 0.3 is 6.18 Å². The smallest absolute Gasteiger partial charge is 0.380 e. The van der Waals surface area contributed by atoms with Crippen molar-refractivity contribution in [2.75, 3.05) is 0 Å². The summed E-state index contributed by atoms with van der Waals surface area (Å²) < 4.78 is 41.9. The summed E-state index contributed by atoms with van der Waals surface area (Å²) in [7, 11) is 0. The number of fused-ring (bicyclic) bond motifs is 5. The highest BCUT2D eigenvalue weighted by Crippen LogP contribution is 2.70. The predicted octanol–water partition coefficient (Wildman–Crippen LogP) is 5.53. The molecule has 3 fully saturated rings. The molecular formula is C20H26BrF3O2. The van der Waals surface area contributed by atoms with Gasteiger partial charge in [0, 0.05) is 11.8 Å². The Morgan fingerprint density at radius 3 is 2.35 bits per heavy atom. The van der Waals surface area contributed by atoms with Gasteiger partial charge in [-0.25, -0.2) is 0 Å². The molecule has 0 saturated heterocycles. The Hall–Kier alpha value is -0.360. The van der Waals surface area contributed by atoms with E-state index in [1.54, 1.807) is 6.92 Å². The minimum atomic E-state index is -4.58. The van der Waals surface area contributed by atoms with Gasteiger partial charge in [0.05, 0.1) is 4.48 Å². The minimum Gasteiger partial charge on any atom is -0.380 e. The van der Waals surface area contributed by atoms with E-state index in [0.717, 1.165) is 23.7 Å². The maximum absolute atomic E-state index is 13.7. The van der Waals surface area contributed by atoms with Crippen molar-refractivity contribution in [1.82, 2.24) is 0 Å². The van der Waals surface area contributed by atoms with Crippen molar-refractivity contribution in [2.45, 2.75) is 77.0 Å². The number of aliphatic hydroxyl groups is 1. The summed E-state index contributed by atoms with van der Waals surface area (Å²) in [5.74, 6) is 0.569. The lowest BCUT2D eigenvalue weighted by Crippen LogP contribution is -2.60. The van der Waals surface area contributed by atoms with Crippen LogP contribution in [0.3, 0.4) is 0 Å². The molecule has 0 amide bonds. The first-order valence-corrected chi connectivity index (χ1v) is 10.5. The standard InChI is InChI=1S/C20H26BrF3O2/c1-17-8-7-15(25)16(21)14(17)4-3-11-12(17)5-9-18(2)13(11)6-10-19(18,26)20(22,23)24/h11-13,26H,3-10H2,1-2H3/t11-,12+,13+,17-,18+,19+/m1/s1. The van der Waals surface area contributed by atoms with Crippen molar-refractivity contribution in [1.29, 1.82) is 0 Å². The molecule has 0 heterocycles. The van der Waals surface area contributed by atoms with Crippen LogP contribution >= 0.6 is 15.9 Å². The topological polar surface area (TPSA) is 37.3 Å². The van der Waals surface area contributed by atoms with Crippen LogP contribution in [0.5, 0.6) is 0 Å². The molecule has 0 spiro atoms. The molecule has 6 atom stereocenters. The molecule has 4 aliphatic rings. The van der Waals surface area contributed by atoms with Gasteiger partial charge in [0.15, 0.2) is 11.4 Å². The summed E-state index contributed by atoms with van der Waals surface area (Å²) in [6.45, 7) is 3.88. The van der Waals surface area contributed by atoms with Crippen LogP contribution in [0.1, 0.15) is 65.2 Å². The number of hydrogen-bond donors (Lipinski definition) is 1. The molecule has 0 aromatic carbocycles. The van der Waals surface area contributed by atoms with E-state index in [1.807, 2.05) is 0 Å². The van der Waals surface area contributed by atoms with Gasteiger partial charge < -0.3 is 5.11 Å². The molecule has 0 aromatic heterocycles. The molecule has 0 aromatic rings. The van der Waals surface area contributed by atoms with E-state index in [2.05, 4.69) is 22.9 Å². The second-order valence-electron chi connectivity index (χ2n) is 9.40. The van der Waals surface area contributed by atoms with Gasteiger partial charge in [0.2, 0.25) is 0 Å². The third-order valence-electron chi connectivity index (χ3n) is 8.67. The first kappa shape index (κ1) is 19.0. The maximum atomic E-state index is 13.7. The zero-order chi connectivity index (χ0) is 19.1. The van der Waals surface area contributed by atoms with Gasteiger partial charge in [-0.05, 0) is 89.6 Å². The molecule has 4 aliphatic carbocycles. The molecule has 2 nitrogen and oxygen atoms in total. The van der Waals surface area contributed by atoms with Gasteiger partial charge in [-0.15, -0.1) is 0 Å². The summed E-state index contributed by atoms with van der Waals surface area (Å²) in [6.07, 6.45) is -0.289. The average Bonchev–Trinajstić information content (AvgIpc) is 2.84. The van der Waals surface area contributed by atoms with Crippen LogP contribution in [0.15, 0.2) is 10.1 Å². The molecule has 1 N–H and O–H groups in total. The monoisotopic (exact) mass is 434 g/mol. The lowest BCUT2D eigenvalue weighted by Gasteiger charge is -2.59. The van der Waals surface area contributed by atoms with Crippen molar-refractivity contribution in [3.8, 4) is 0 Å². The molecule has 3 saturated carbocycles. The van der Waals surface area contributed by atoms with Gasteiger partial charge in [-0.1, -0.05) is 13.8 Å². The van der Waals surface area contributed by atoms with Gasteiger partial charge in [-0.2, -0.15) is 13.2 Å². The number of hydrogen-bond acceptors (Lipinski definition) is 2. The molecule has 4 rings (SSSR count). The number of rotatable bonds is 0. The Morgan fingerprint density at radius 1 is 1.04 bits per heavy atom. The predicted molar refractivity (Wildman–Crippen MR) is 95.6 cm³/mol. The number of alkyl halides is 3. The first-order chi connectivity index (χ1) is 12.0. The molecule has 0 radical (unpaired) electrons. The quantitative estimate of drug-likeness (QED) is 0.543. The molecule has 146 valence electrons. The van der Waals surface area contributed by atoms with Crippen LogP contribution in [-0.4, -0.2) is 22.7 Å². The van der Waals surface area contributed by atoms with Crippen molar-refractivity contribution in [3.05, 3.63) is 10.1 Å². The fourth-order valence-corrected chi connectivity index (χ4v) is 7.98. The Morgan fingerprint density at radius 2 is 1.69 bits per heavy atom. The highest BCUT2D eigenvalue weighted by atomic mass is 79.9. The molecular weight excluding hydrogens is 409 g/mol. The zero-order valence-electron chi connectivity index (χ0n) is 15.3. The average molecular weight is 435 g/mol. The number of Topliss-reactive ketones (excluding diaryl/α,β-unsaturated/α-hetero) is 1. The van der Waals surface area contributed by atoms with Crippen molar-refractivity contribution < 1.29 is 23.1 Å². The van der Waals surface area contributed by atoms with Crippen LogP contribution in [-0.2, 0) is 4.79 Å². The fourth-order valence-electron chi connectivity index (χ4n) is 7.13. The van der Waals surface area contributed by atoms with Crippen molar-refractivity contribution >= 4 is 21.7 Å². The second kappa shape index (κ2) is 5.59. The normalized spacial score (nSPS) is 48.9. The number of ketones is 1. The maximum Gasteiger partial charge on any atom is 0.417 e. The van der Waals surface area contributed by atoms with Crippen LogP contribution in [0, 0.1) is 28.6 Å². The van der Waals surface area contributed by atoms with E-state index >= 15 is 0 Å². The van der Waals surface area contributed by atoms with Crippen LogP contribution in [0.25, 0.3) is 0 Å².